The van der Waals surface area contributed by atoms with E-state index < -0.39 is 29.8 Å². The lowest BCUT2D eigenvalue weighted by Crippen LogP contribution is -2.46. The van der Waals surface area contributed by atoms with Gasteiger partial charge in [0.05, 0.1) is 12.7 Å². The number of carbonyl (C=O) groups excluding carboxylic acids is 1. The van der Waals surface area contributed by atoms with Crippen LogP contribution in [0.1, 0.15) is 17.2 Å². The van der Waals surface area contributed by atoms with Crippen molar-refractivity contribution in [3.05, 3.63) is 35.4 Å². The van der Waals surface area contributed by atoms with Gasteiger partial charge in [0.25, 0.3) is 0 Å². The minimum atomic E-state index is -4.40. The smallest absolute Gasteiger partial charge is 0.416 e. The Morgan fingerprint density at radius 2 is 2.05 bits per heavy atom. The molecule has 2 unspecified atom stereocenters. The molecule has 1 fully saturated rings. The van der Waals surface area contributed by atoms with Crippen molar-refractivity contribution in [2.45, 2.75) is 18.3 Å². The van der Waals surface area contributed by atoms with Gasteiger partial charge in [-0.25, -0.2) is 0 Å². The third-order valence-electron chi connectivity index (χ3n) is 3.10. The molecular formula is C13H14F3NO2S. The van der Waals surface area contributed by atoms with Crippen molar-refractivity contribution in [2.75, 3.05) is 18.6 Å². The van der Waals surface area contributed by atoms with Crippen LogP contribution in [0, 0.1) is 0 Å². The first-order valence-corrected chi connectivity index (χ1v) is 7.16. The molecule has 1 heterocycles. The summed E-state index contributed by atoms with van der Waals surface area (Å²) in [7, 11) is 1.27. The molecule has 0 bridgehead atoms. The summed E-state index contributed by atoms with van der Waals surface area (Å²) < 4.78 is 43.6. The number of rotatable bonds is 2. The SMILES string of the molecule is COC(=O)C1CSCC(c2ccccc2C(F)(F)F)N1. The molecule has 0 saturated carbocycles. The highest BCUT2D eigenvalue weighted by atomic mass is 32.2. The van der Waals surface area contributed by atoms with Gasteiger partial charge < -0.3 is 4.74 Å². The molecule has 110 valence electrons. The molecule has 1 saturated heterocycles. The van der Waals surface area contributed by atoms with E-state index in [0.29, 0.717) is 11.5 Å². The summed E-state index contributed by atoms with van der Waals surface area (Å²) in [5.41, 5.74) is -0.496. The quantitative estimate of drug-likeness (QED) is 0.853. The van der Waals surface area contributed by atoms with Crippen LogP contribution >= 0.6 is 11.8 Å². The summed E-state index contributed by atoms with van der Waals surface area (Å²) >= 11 is 1.44. The van der Waals surface area contributed by atoms with E-state index in [1.807, 2.05) is 0 Å². The highest BCUT2D eigenvalue weighted by Crippen LogP contribution is 2.36. The Morgan fingerprint density at radius 3 is 2.70 bits per heavy atom. The second-order valence-corrected chi connectivity index (χ2v) is 5.49. The number of nitrogens with one attached hydrogen (secondary N) is 1. The summed E-state index contributed by atoms with van der Waals surface area (Å²) in [5.74, 6) is 0.532. The number of alkyl halides is 3. The van der Waals surface area contributed by atoms with Crippen LogP contribution in [0.5, 0.6) is 0 Å². The van der Waals surface area contributed by atoms with Crippen molar-refractivity contribution in [1.29, 1.82) is 0 Å². The van der Waals surface area contributed by atoms with E-state index in [0.717, 1.165) is 6.07 Å². The van der Waals surface area contributed by atoms with Crippen molar-refractivity contribution in [1.82, 2.24) is 5.32 Å². The van der Waals surface area contributed by atoms with Crippen LogP contribution in [0.3, 0.4) is 0 Å². The average Bonchev–Trinajstić information content (AvgIpc) is 2.45. The Labute approximate surface area is 118 Å². The Kier molecular flexibility index (Phi) is 4.59. The number of hydrogen-bond donors (Lipinski definition) is 1. The van der Waals surface area contributed by atoms with Gasteiger partial charge >= 0.3 is 12.1 Å². The molecule has 1 aliphatic heterocycles. The predicted molar refractivity (Wildman–Crippen MR) is 70.4 cm³/mol. The molecule has 2 rings (SSSR count). The summed E-state index contributed by atoms with van der Waals surface area (Å²) in [5, 5.41) is 2.94. The maximum atomic E-state index is 13.0. The van der Waals surface area contributed by atoms with Crippen LogP contribution in [0.25, 0.3) is 0 Å². The average molecular weight is 305 g/mol. The fraction of sp³-hybridized carbons (Fsp3) is 0.462. The molecule has 0 aliphatic carbocycles. The first-order chi connectivity index (χ1) is 9.43. The first kappa shape index (κ1) is 15.2. The van der Waals surface area contributed by atoms with Gasteiger partial charge in [0.15, 0.2) is 0 Å². The van der Waals surface area contributed by atoms with Crippen molar-refractivity contribution < 1.29 is 22.7 Å². The van der Waals surface area contributed by atoms with Gasteiger partial charge in [-0.05, 0) is 11.6 Å². The number of halogens is 3. The minimum Gasteiger partial charge on any atom is -0.468 e. The molecule has 1 aromatic carbocycles. The van der Waals surface area contributed by atoms with E-state index >= 15 is 0 Å². The number of esters is 1. The molecule has 0 spiro atoms. The number of hydrogen-bond acceptors (Lipinski definition) is 4. The Bertz CT molecular complexity index is 493. The van der Waals surface area contributed by atoms with Crippen LogP contribution in [-0.4, -0.2) is 30.6 Å². The fourth-order valence-electron chi connectivity index (χ4n) is 2.16. The van der Waals surface area contributed by atoms with Crippen molar-refractivity contribution in [3.8, 4) is 0 Å². The fourth-order valence-corrected chi connectivity index (χ4v) is 3.28. The van der Waals surface area contributed by atoms with Gasteiger partial charge in [-0.2, -0.15) is 24.9 Å². The van der Waals surface area contributed by atoms with Gasteiger partial charge in [0.2, 0.25) is 0 Å². The molecular weight excluding hydrogens is 291 g/mol. The number of ether oxygens (including phenoxy) is 1. The van der Waals surface area contributed by atoms with Crippen molar-refractivity contribution >= 4 is 17.7 Å². The van der Waals surface area contributed by atoms with E-state index in [2.05, 4.69) is 10.1 Å². The largest absolute Gasteiger partial charge is 0.468 e. The number of thioether (sulfide) groups is 1. The van der Waals surface area contributed by atoms with Crippen LogP contribution in [0.4, 0.5) is 13.2 Å². The standard InChI is InChI=1S/C13H14F3NO2S/c1-19-12(18)11-7-20-6-10(17-11)8-4-2-3-5-9(8)13(14,15)16/h2-5,10-11,17H,6-7H2,1H3. The summed E-state index contributed by atoms with van der Waals surface area (Å²) in [6.45, 7) is 0. The van der Waals surface area contributed by atoms with Crippen LogP contribution in [0.2, 0.25) is 0 Å². The van der Waals surface area contributed by atoms with Gasteiger partial charge in [0.1, 0.15) is 6.04 Å². The van der Waals surface area contributed by atoms with E-state index in [-0.39, 0.29) is 5.56 Å². The predicted octanol–water partition coefficient (Wildman–Crippen LogP) is 2.62. The van der Waals surface area contributed by atoms with Crippen LogP contribution in [0.15, 0.2) is 24.3 Å². The normalized spacial score (nSPS) is 23.4. The van der Waals surface area contributed by atoms with Crippen LogP contribution in [-0.2, 0) is 15.7 Å². The Morgan fingerprint density at radius 1 is 1.35 bits per heavy atom. The van der Waals surface area contributed by atoms with Gasteiger partial charge in [-0.3, -0.25) is 10.1 Å². The zero-order valence-electron chi connectivity index (χ0n) is 10.7. The molecule has 0 aromatic heterocycles. The molecule has 7 heteroatoms. The third kappa shape index (κ3) is 3.27. The summed E-state index contributed by atoms with van der Waals surface area (Å²) in [6, 6.07) is 4.34. The Balaban J connectivity index is 2.26. The lowest BCUT2D eigenvalue weighted by atomic mass is 10.00. The zero-order chi connectivity index (χ0) is 14.8. The zero-order valence-corrected chi connectivity index (χ0v) is 11.6. The van der Waals surface area contributed by atoms with E-state index in [1.165, 1.54) is 31.0 Å². The number of carbonyl (C=O) groups is 1. The molecule has 1 N–H and O–H groups in total. The second-order valence-electron chi connectivity index (χ2n) is 4.42. The third-order valence-corrected chi connectivity index (χ3v) is 4.24. The van der Waals surface area contributed by atoms with Crippen molar-refractivity contribution in [3.63, 3.8) is 0 Å². The number of benzene rings is 1. The minimum absolute atomic E-state index is 0.168. The van der Waals surface area contributed by atoms with Gasteiger partial charge in [-0.1, -0.05) is 18.2 Å². The van der Waals surface area contributed by atoms with E-state index in [9.17, 15) is 18.0 Å². The summed E-state index contributed by atoms with van der Waals surface area (Å²) in [6.07, 6.45) is -4.40. The molecule has 0 amide bonds. The molecule has 3 nitrogen and oxygen atoms in total. The number of methoxy groups -OCH3 is 1. The lowest BCUT2D eigenvalue weighted by Gasteiger charge is -2.30. The van der Waals surface area contributed by atoms with Gasteiger partial charge in [0, 0.05) is 17.5 Å². The molecule has 1 aliphatic rings. The van der Waals surface area contributed by atoms with Crippen LogP contribution < -0.4 is 5.32 Å². The van der Waals surface area contributed by atoms with Gasteiger partial charge in [-0.15, -0.1) is 0 Å². The molecule has 1 aromatic rings. The molecule has 0 radical (unpaired) electrons. The first-order valence-electron chi connectivity index (χ1n) is 6.01. The topological polar surface area (TPSA) is 38.3 Å². The molecule has 20 heavy (non-hydrogen) atoms. The second kappa shape index (κ2) is 6.05. The highest BCUT2D eigenvalue weighted by molar-refractivity contribution is 7.99. The maximum absolute atomic E-state index is 13.0. The molecule has 2 atom stereocenters. The monoisotopic (exact) mass is 305 g/mol. The Hall–Kier alpha value is -1.21. The summed E-state index contributed by atoms with van der Waals surface area (Å²) in [4.78, 5) is 11.5. The van der Waals surface area contributed by atoms with Crippen molar-refractivity contribution in [2.24, 2.45) is 0 Å². The lowest BCUT2D eigenvalue weighted by molar-refractivity contribution is -0.142. The van der Waals surface area contributed by atoms with E-state index in [4.69, 9.17) is 0 Å². The van der Waals surface area contributed by atoms with E-state index in [1.54, 1.807) is 6.07 Å². The highest BCUT2D eigenvalue weighted by Gasteiger charge is 2.37. The maximum Gasteiger partial charge on any atom is 0.416 e.